The molecule has 1 fully saturated rings. The Bertz CT molecular complexity index is 1540. The Morgan fingerprint density at radius 2 is 1.56 bits per heavy atom. The Hall–Kier alpha value is -4.29. The number of carbonyl (C=O) groups is 2. The Kier molecular flexibility index (Phi) is 11.5. The number of amides is 2. The molecule has 4 aromatic rings. The maximum Gasteiger partial charge on any atom is 0.224 e. The monoisotopic (exact) mass is 627 g/mol. The molecular formula is C34H37N5O5S. The SMILES string of the molecule is Nc1ccccc1NC(=O)CCCC(=O)NCc1ccc([C@@H]2O[C@H](CSc3ncccn3)C[C@H](c3ccc(CO)cc3)O2)cc1. The van der Waals surface area contributed by atoms with Crippen molar-refractivity contribution < 1.29 is 24.2 Å². The van der Waals surface area contributed by atoms with E-state index in [0.717, 1.165) is 22.3 Å². The van der Waals surface area contributed by atoms with Crippen LogP contribution in [0.1, 0.15) is 60.3 Å². The van der Waals surface area contributed by atoms with Gasteiger partial charge in [-0.3, -0.25) is 9.59 Å². The highest BCUT2D eigenvalue weighted by molar-refractivity contribution is 7.99. The number of para-hydroxylation sites is 2. The molecule has 1 saturated heterocycles. The van der Waals surface area contributed by atoms with Gasteiger partial charge >= 0.3 is 0 Å². The van der Waals surface area contributed by atoms with Crippen LogP contribution in [0.5, 0.6) is 0 Å². The Balaban J connectivity index is 1.13. The van der Waals surface area contributed by atoms with E-state index >= 15 is 0 Å². The van der Waals surface area contributed by atoms with Crippen LogP contribution in [0.15, 0.2) is 96.4 Å². The van der Waals surface area contributed by atoms with Crippen molar-refractivity contribution in [3.05, 3.63) is 114 Å². The van der Waals surface area contributed by atoms with Gasteiger partial charge in [0.2, 0.25) is 11.8 Å². The van der Waals surface area contributed by atoms with Gasteiger partial charge in [0.25, 0.3) is 0 Å². The third-order valence-electron chi connectivity index (χ3n) is 7.34. The summed E-state index contributed by atoms with van der Waals surface area (Å²) in [6.07, 6.45) is 4.14. The van der Waals surface area contributed by atoms with Crippen molar-refractivity contribution in [2.24, 2.45) is 0 Å². The van der Waals surface area contributed by atoms with Crippen molar-refractivity contribution in [1.82, 2.24) is 15.3 Å². The van der Waals surface area contributed by atoms with Crippen molar-refractivity contribution in [3.8, 4) is 0 Å². The first kappa shape index (κ1) is 32.1. The zero-order chi connectivity index (χ0) is 31.4. The molecule has 1 aliphatic rings. The highest BCUT2D eigenvalue weighted by atomic mass is 32.2. The number of aromatic nitrogens is 2. The molecule has 0 spiro atoms. The lowest BCUT2D eigenvalue weighted by molar-refractivity contribution is -0.245. The van der Waals surface area contributed by atoms with Crippen LogP contribution in [-0.4, -0.2) is 38.7 Å². The number of hydrogen-bond acceptors (Lipinski definition) is 9. The second-order valence-electron chi connectivity index (χ2n) is 10.7. The minimum atomic E-state index is -0.579. The Morgan fingerprint density at radius 3 is 2.29 bits per heavy atom. The van der Waals surface area contributed by atoms with Crippen LogP contribution in [0.2, 0.25) is 0 Å². The van der Waals surface area contributed by atoms with E-state index in [4.69, 9.17) is 15.2 Å². The van der Waals surface area contributed by atoms with Crippen molar-refractivity contribution in [2.45, 2.75) is 62.5 Å². The molecule has 234 valence electrons. The molecular weight excluding hydrogens is 590 g/mol. The zero-order valence-electron chi connectivity index (χ0n) is 24.8. The second kappa shape index (κ2) is 16.1. The van der Waals surface area contributed by atoms with E-state index in [2.05, 4.69) is 20.6 Å². The molecule has 45 heavy (non-hydrogen) atoms. The first-order valence-electron chi connectivity index (χ1n) is 14.9. The molecule has 2 amide bonds. The van der Waals surface area contributed by atoms with Crippen molar-refractivity contribution in [3.63, 3.8) is 0 Å². The molecule has 1 aromatic heterocycles. The Morgan fingerprint density at radius 1 is 0.867 bits per heavy atom. The first-order valence-corrected chi connectivity index (χ1v) is 15.9. The van der Waals surface area contributed by atoms with Gasteiger partial charge in [0.1, 0.15) is 0 Å². The average Bonchev–Trinajstić information content (AvgIpc) is 3.08. The number of aliphatic hydroxyl groups excluding tert-OH is 1. The number of carbonyl (C=O) groups excluding carboxylic acids is 2. The third-order valence-corrected chi connectivity index (χ3v) is 8.35. The molecule has 0 radical (unpaired) electrons. The number of hydrogen-bond donors (Lipinski definition) is 4. The maximum absolute atomic E-state index is 12.4. The van der Waals surface area contributed by atoms with Crippen LogP contribution in [0.3, 0.4) is 0 Å². The lowest BCUT2D eigenvalue weighted by Gasteiger charge is -2.36. The van der Waals surface area contributed by atoms with Gasteiger partial charge in [-0.05, 0) is 41.3 Å². The average molecular weight is 628 g/mol. The number of thioether (sulfide) groups is 1. The second-order valence-corrected chi connectivity index (χ2v) is 11.7. The standard InChI is InChI=1S/C34H37N5O5S/c35-28-5-1-2-6-29(28)39-32(42)8-3-7-31(41)38-20-23-9-15-26(16-10-23)33-43-27(22-45-34-36-17-4-18-37-34)19-30(44-33)25-13-11-24(21-40)12-14-25/h1-2,4-6,9-18,27,30,33,40H,3,7-8,19-22,35H2,(H,38,41)(H,39,42)/t27-,30+,33+/m0/s1. The number of ether oxygens (including phenoxy) is 2. The van der Waals surface area contributed by atoms with Gasteiger partial charge in [0.05, 0.1) is 30.2 Å². The number of nitrogens with two attached hydrogens (primary N) is 1. The van der Waals surface area contributed by atoms with E-state index in [1.165, 1.54) is 0 Å². The zero-order valence-corrected chi connectivity index (χ0v) is 25.6. The summed E-state index contributed by atoms with van der Waals surface area (Å²) in [4.78, 5) is 33.2. The number of benzene rings is 3. The molecule has 5 rings (SSSR count). The molecule has 0 bridgehead atoms. The van der Waals surface area contributed by atoms with Crippen molar-refractivity contribution in [1.29, 1.82) is 0 Å². The third kappa shape index (κ3) is 9.60. The van der Waals surface area contributed by atoms with Gasteiger partial charge in [0, 0.05) is 49.5 Å². The molecule has 1 aliphatic heterocycles. The smallest absolute Gasteiger partial charge is 0.224 e. The number of nitrogens with one attached hydrogen (secondary N) is 2. The summed E-state index contributed by atoms with van der Waals surface area (Å²) in [5.41, 5.74) is 10.6. The number of anilines is 2. The van der Waals surface area contributed by atoms with Gasteiger partial charge in [0.15, 0.2) is 11.4 Å². The summed E-state index contributed by atoms with van der Waals surface area (Å²) in [6.45, 7) is 0.358. The summed E-state index contributed by atoms with van der Waals surface area (Å²) >= 11 is 1.54. The number of nitrogen functional groups attached to an aromatic ring is 1. The molecule has 0 aliphatic carbocycles. The molecule has 2 heterocycles. The summed E-state index contributed by atoms with van der Waals surface area (Å²) in [6, 6.07) is 24.4. The topological polar surface area (TPSA) is 149 Å². The van der Waals surface area contributed by atoms with Crippen LogP contribution >= 0.6 is 11.8 Å². The fourth-order valence-corrected chi connectivity index (χ4v) is 5.69. The summed E-state index contributed by atoms with van der Waals surface area (Å²) < 4.78 is 12.8. The number of nitrogens with zero attached hydrogens (tertiary/aromatic N) is 2. The van der Waals surface area contributed by atoms with Crippen molar-refractivity contribution >= 4 is 35.0 Å². The lowest BCUT2D eigenvalue weighted by Crippen LogP contribution is -2.31. The molecule has 3 atom stereocenters. The predicted molar refractivity (Wildman–Crippen MR) is 173 cm³/mol. The first-order chi connectivity index (χ1) is 22.0. The normalized spacial score (nSPS) is 17.8. The summed E-state index contributed by atoms with van der Waals surface area (Å²) in [5, 5.41) is 15.8. The van der Waals surface area contributed by atoms with Gasteiger partial charge in [-0.1, -0.05) is 72.4 Å². The molecule has 3 aromatic carbocycles. The molecule has 0 saturated carbocycles. The van der Waals surface area contributed by atoms with Crippen LogP contribution in [0.25, 0.3) is 0 Å². The van der Waals surface area contributed by atoms with Crippen LogP contribution < -0.4 is 16.4 Å². The van der Waals surface area contributed by atoms with Crippen LogP contribution in [-0.2, 0) is 32.2 Å². The fourth-order valence-electron chi connectivity index (χ4n) is 4.86. The highest BCUT2D eigenvalue weighted by Gasteiger charge is 2.32. The van der Waals surface area contributed by atoms with E-state index in [-0.39, 0.29) is 43.5 Å². The maximum atomic E-state index is 12.4. The predicted octanol–water partition coefficient (Wildman–Crippen LogP) is 5.31. The lowest BCUT2D eigenvalue weighted by atomic mass is 10.0. The fraction of sp³-hybridized carbons (Fsp3) is 0.294. The van der Waals surface area contributed by atoms with Crippen LogP contribution in [0.4, 0.5) is 11.4 Å². The highest BCUT2D eigenvalue weighted by Crippen LogP contribution is 2.39. The van der Waals surface area contributed by atoms with E-state index in [1.807, 2.05) is 48.5 Å². The molecule has 11 heteroatoms. The van der Waals surface area contributed by atoms with E-state index < -0.39 is 6.29 Å². The molecule has 5 N–H and O–H groups in total. The van der Waals surface area contributed by atoms with Gasteiger partial charge in [-0.2, -0.15) is 0 Å². The minimum absolute atomic E-state index is 0.0114. The van der Waals surface area contributed by atoms with Gasteiger partial charge in [-0.15, -0.1) is 0 Å². The summed E-state index contributed by atoms with van der Waals surface area (Å²) in [7, 11) is 0. The number of aliphatic hydroxyl groups is 1. The number of rotatable bonds is 13. The summed E-state index contributed by atoms with van der Waals surface area (Å²) in [5.74, 6) is 0.367. The van der Waals surface area contributed by atoms with E-state index in [9.17, 15) is 14.7 Å². The van der Waals surface area contributed by atoms with Gasteiger partial charge in [-0.25, -0.2) is 9.97 Å². The quantitative estimate of drug-likeness (QED) is 0.0879. The minimum Gasteiger partial charge on any atom is -0.397 e. The molecule has 10 nitrogen and oxygen atoms in total. The Labute approximate surface area is 266 Å². The molecule has 0 unspecified atom stereocenters. The van der Waals surface area contributed by atoms with Gasteiger partial charge < -0.3 is 30.9 Å². The largest absolute Gasteiger partial charge is 0.397 e. The van der Waals surface area contributed by atoms with E-state index in [1.54, 1.807) is 54.5 Å². The van der Waals surface area contributed by atoms with Crippen molar-refractivity contribution in [2.75, 3.05) is 16.8 Å². The van der Waals surface area contributed by atoms with E-state index in [0.29, 0.717) is 41.7 Å². The van der Waals surface area contributed by atoms with Crippen LogP contribution in [0, 0.1) is 0 Å².